The van der Waals surface area contributed by atoms with Crippen LogP contribution in [0.1, 0.15) is 0 Å². The van der Waals surface area contributed by atoms with E-state index in [0.717, 1.165) is 6.07 Å². The highest BCUT2D eigenvalue weighted by Gasteiger charge is 2.20. The number of likely N-dealkylation sites (N-methyl/N-ethyl adjacent to an activating group) is 1. The summed E-state index contributed by atoms with van der Waals surface area (Å²) in [4.78, 5) is 12.4. The number of para-hydroxylation sites is 1. The van der Waals surface area contributed by atoms with Gasteiger partial charge in [0.15, 0.2) is 24.0 Å². The number of hydrogen-bond acceptors (Lipinski definition) is 4. The van der Waals surface area contributed by atoms with Crippen molar-refractivity contribution in [3.8, 4) is 5.75 Å². The summed E-state index contributed by atoms with van der Waals surface area (Å²) in [6.45, 7) is -0.165. The van der Waals surface area contributed by atoms with Crippen LogP contribution in [-0.2, 0) is 14.9 Å². The van der Waals surface area contributed by atoms with Crippen molar-refractivity contribution in [1.29, 1.82) is 0 Å². The van der Waals surface area contributed by atoms with Gasteiger partial charge in [-0.1, -0.05) is 18.2 Å². The van der Waals surface area contributed by atoms with Crippen molar-refractivity contribution < 1.29 is 35.5 Å². The molecule has 0 bridgehead atoms. The monoisotopic (exact) mass is 403 g/mol. The van der Waals surface area contributed by atoms with E-state index in [-0.39, 0.29) is 24.6 Å². The fourth-order valence-electron chi connectivity index (χ4n) is 2.14. The van der Waals surface area contributed by atoms with Crippen LogP contribution in [0.15, 0.2) is 42.5 Å². The van der Waals surface area contributed by atoms with E-state index < -0.39 is 39.2 Å². The van der Waals surface area contributed by atoms with Crippen molar-refractivity contribution in [3.63, 3.8) is 0 Å². The van der Waals surface area contributed by atoms with Crippen LogP contribution in [0.2, 0.25) is 0 Å². The van der Waals surface area contributed by atoms with Crippen molar-refractivity contribution in [2.75, 3.05) is 31.2 Å². The molecule has 1 unspecified atom stereocenters. The Morgan fingerprint density at radius 2 is 1.74 bits per heavy atom. The molecule has 6 nitrogen and oxygen atoms in total. The average molecular weight is 403 g/mol. The Balaban J connectivity index is 1.85. The largest absolute Gasteiger partial charge is 0.382 e. The van der Waals surface area contributed by atoms with E-state index in [1.165, 1.54) is 12.1 Å². The predicted molar refractivity (Wildman–Crippen MR) is 92.4 cm³/mol. The number of halogens is 3. The number of carbonyl (C=O) groups is 1. The predicted octanol–water partition coefficient (Wildman–Crippen LogP) is 0.966. The van der Waals surface area contributed by atoms with E-state index in [0.29, 0.717) is 11.0 Å². The lowest BCUT2D eigenvalue weighted by Gasteiger charge is -2.14. The Kier molecular flexibility index (Phi) is 6.81. The zero-order chi connectivity index (χ0) is 20.0. The summed E-state index contributed by atoms with van der Waals surface area (Å²) in [5.74, 6) is -5.39. The zero-order valence-electron chi connectivity index (χ0n) is 14.3. The maximum absolute atomic E-state index is 13.5. The molecule has 0 fully saturated rings. The molecule has 0 radical (unpaired) electrons. The molecular formula is C17H18F3N2O4S+. The van der Waals surface area contributed by atoms with Crippen LogP contribution in [0, 0.1) is 17.5 Å². The zero-order valence-corrected chi connectivity index (χ0v) is 15.2. The Morgan fingerprint density at radius 3 is 2.41 bits per heavy atom. The number of amides is 1. The molecule has 2 rings (SSSR count). The Bertz CT molecular complexity index is 908. The van der Waals surface area contributed by atoms with Crippen LogP contribution in [-0.4, -0.2) is 40.2 Å². The first-order valence-electron chi connectivity index (χ1n) is 7.90. The smallest absolute Gasteiger partial charge is 0.314 e. The highest BCUT2D eigenvalue weighted by molar-refractivity contribution is 7.87. The molecule has 0 heterocycles. The molecule has 27 heavy (non-hydrogen) atoms. The second-order valence-electron chi connectivity index (χ2n) is 5.81. The molecule has 2 aromatic carbocycles. The summed E-state index contributed by atoms with van der Waals surface area (Å²) in [5.41, 5.74) is -0.494. The number of anilines is 1. The fourth-order valence-corrected chi connectivity index (χ4v) is 3.23. The summed E-state index contributed by atoms with van der Waals surface area (Å²) >= 11 is 0. The van der Waals surface area contributed by atoms with E-state index in [2.05, 4.69) is 5.32 Å². The lowest BCUT2D eigenvalue weighted by atomic mass is 10.2. The second kappa shape index (κ2) is 8.87. The SMILES string of the molecule is C[NH+](CCS(=O)(=O)Oc1ccccc1)CC(=O)Nc1ccc(F)c(F)c1F. The minimum Gasteiger partial charge on any atom is -0.382 e. The number of benzene rings is 2. The van der Waals surface area contributed by atoms with Crippen LogP contribution in [0.5, 0.6) is 5.75 Å². The average Bonchev–Trinajstić information content (AvgIpc) is 2.61. The molecule has 1 amide bonds. The third-order valence-electron chi connectivity index (χ3n) is 3.52. The number of hydrogen-bond donors (Lipinski definition) is 2. The summed E-state index contributed by atoms with van der Waals surface area (Å²) in [7, 11) is -2.29. The molecular weight excluding hydrogens is 385 g/mol. The van der Waals surface area contributed by atoms with Gasteiger partial charge in [-0.15, -0.1) is 0 Å². The van der Waals surface area contributed by atoms with Gasteiger partial charge in [0.2, 0.25) is 0 Å². The van der Waals surface area contributed by atoms with Gasteiger partial charge in [-0.2, -0.15) is 8.42 Å². The van der Waals surface area contributed by atoms with Crippen molar-refractivity contribution in [2.45, 2.75) is 0 Å². The van der Waals surface area contributed by atoms with Gasteiger partial charge in [0, 0.05) is 0 Å². The molecule has 0 saturated carbocycles. The number of nitrogens with one attached hydrogen (secondary N) is 2. The van der Waals surface area contributed by atoms with Crippen LogP contribution >= 0.6 is 0 Å². The highest BCUT2D eigenvalue weighted by atomic mass is 32.2. The van der Waals surface area contributed by atoms with Crippen molar-refractivity contribution in [3.05, 3.63) is 59.9 Å². The first-order chi connectivity index (χ1) is 12.7. The molecule has 2 N–H and O–H groups in total. The van der Waals surface area contributed by atoms with E-state index in [4.69, 9.17) is 4.18 Å². The maximum Gasteiger partial charge on any atom is 0.314 e. The van der Waals surface area contributed by atoms with Gasteiger partial charge in [-0.05, 0) is 24.3 Å². The van der Waals surface area contributed by atoms with Crippen molar-refractivity contribution >= 4 is 21.7 Å². The fraction of sp³-hybridized carbons (Fsp3) is 0.235. The van der Waals surface area contributed by atoms with E-state index in [1.807, 2.05) is 0 Å². The molecule has 0 aliphatic carbocycles. The molecule has 0 aromatic heterocycles. The number of carbonyl (C=O) groups excluding carboxylic acids is 1. The van der Waals surface area contributed by atoms with Gasteiger partial charge in [0.05, 0.1) is 19.3 Å². The molecule has 0 spiro atoms. The van der Waals surface area contributed by atoms with E-state index in [1.54, 1.807) is 25.2 Å². The Morgan fingerprint density at radius 1 is 1.07 bits per heavy atom. The van der Waals surface area contributed by atoms with Crippen molar-refractivity contribution in [1.82, 2.24) is 0 Å². The summed E-state index contributed by atoms with van der Waals surface area (Å²) in [6, 6.07) is 9.56. The topological polar surface area (TPSA) is 76.9 Å². The lowest BCUT2D eigenvalue weighted by Crippen LogP contribution is -3.10. The van der Waals surface area contributed by atoms with Crippen LogP contribution in [0.25, 0.3) is 0 Å². The minimum atomic E-state index is -3.85. The molecule has 2 aromatic rings. The summed E-state index contributed by atoms with van der Waals surface area (Å²) < 4.78 is 68.4. The standard InChI is InChI=1S/C17H17F3N2O4S/c1-22(9-10-27(24,25)26-12-5-3-2-4-6-12)11-15(23)21-14-8-7-13(18)16(19)17(14)20/h2-8H,9-11H2,1H3,(H,21,23)/p+1. The van der Waals surface area contributed by atoms with Gasteiger partial charge in [0.25, 0.3) is 5.91 Å². The molecule has 146 valence electrons. The first-order valence-corrected chi connectivity index (χ1v) is 9.47. The lowest BCUT2D eigenvalue weighted by molar-refractivity contribution is -0.868. The van der Waals surface area contributed by atoms with E-state index >= 15 is 0 Å². The Hall–Kier alpha value is -2.59. The first kappa shape index (κ1) is 20.7. The van der Waals surface area contributed by atoms with Gasteiger partial charge in [-0.3, -0.25) is 4.79 Å². The third kappa shape index (κ3) is 6.26. The summed E-state index contributed by atoms with van der Waals surface area (Å²) in [5, 5.41) is 2.12. The molecule has 1 atom stereocenters. The summed E-state index contributed by atoms with van der Waals surface area (Å²) in [6.07, 6.45) is 0. The van der Waals surface area contributed by atoms with Crippen LogP contribution in [0.4, 0.5) is 18.9 Å². The normalized spacial score (nSPS) is 12.4. The van der Waals surface area contributed by atoms with Crippen LogP contribution in [0.3, 0.4) is 0 Å². The molecule has 10 heteroatoms. The highest BCUT2D eigenvalue weighted by Crippen LogP contribution is 2.19. The Labute approximate surface area is 154 Å². The van der Waals surface area contributed by atoms with Gasteiger partial charge < -0.3 is 14.4 Å². The quantitative estimate of drug-likeness (QED) is 0.509. The van der Waals surface area contributed by atoms with Crippen molar-refractivity contribution in [2.24, 2.45) is 0 Å². The molecule has 0 saturated heterocycles. The third-order valence-corrected chi connectivity index (χ3v) is 4.67. The maximum atomic E-state index is 13.5. The molecule has 0 aliphatic rings. The van der Waals surface area contributed by atoms with Gasteiger partial charge >= 0.3 is 10.1 Å². The van der Waals surface area contributed by atoms with Crippen LogP contribution < -0.4 is 14.4 Å². The number of quaternary nitrogens is 1. The minimum absolute atomic E-state index is 0.0445. The second-order valence-corrected chi connectivity index (χ2v) is 7.50. The van der Waals surface area contributed by atoms with Gasteiger partial charge in [0.1, 0.15) is 11.5 Å². The molecule has 0 aliphatic heterocycles. The van der Waals surface area contributed by atoms with Gasteiger partial charge in [-0.25, -0.2) is 13.2 Å². The number of rotatable bonds is 8. The van der Waals surface area contributed by atoms with E-state index in [9.17, 15) is 26.4 Å².